The number of benzene rings is 2. The van der Waals surface area contributed by atoms with Gasteiger partial charge in [0, 0.05) is 13.7 Å². The van der Waals surface area contributed by atoms with Gasteiger partial charge in [0.05, 0.1) is 41.5 Å². The second kappa shape index (κ2) is 10.8. The summed E-state index contributed by atoms with van der Waals surface area (Å²) < 4.78 is 93.1. The quantitative estimate of drug-likeness (QED) is 0.380. The molecule has 1 aliphatic rings. The summed E-state index contributed by atoms with van der Waals surface area (Å²) in [6, 6.07) is 10.6. The van der Waals surface area contributed by atoms with Gasteiger partial charge in [-0.1, -0.05) is 30.3 Å². The van der Waals surface area contributed by atoms with Gasteiger partial charge in [0.15, 0.2) is 0 Å². The van der Waals surface area contributed by atoms with E-state index < -0.39 is 46.4 Å². The van der Waals surface area contributed by atoms with Crippen LogP contribution in [0.15, 0.2) is 59.7 Å². The molecule has 0 unspecified atom stereocenters. The van der Waals surface area contributed by atoms with Crippen molar-refractivity contribution in [2.75, 3.05) is 26.9 Å². The molecule has 0 saturated carbocycles. The molecule has 0 radical (unpaired) electrons. The molecule has 1 fully saturated rings. The van der Waals surface area contributed by atoms with Crippen LogP contribution in [0.5, 0.6) is 0 Å². The largest absolute Gasteiger partial charge is 0.416 e. The van der Waals surface area contributed by atoms with Gasteiger partial charge in [-0.25, -0.2) is 9.89 Å². The van der Waals surface area contributed by atoms with Gasteiger partial charge in [-0.2, -0.15) is 31.4 Å². The predicted octanol–water partition coefficient (Wildman–Crippen LogP) is 5.01. The highest BCUT2D eigenvalue weighted by atomic mass is 19.4. The molecule has 0 aliphatic carbocycles. The number of alkyl halides is 6. The van der Waals surface area contributed by atoms with Crippen LogP contribution in [0.25, 0.3) is 0 Å². The maximum Gasteiger partial charge on any atom is 0.416 e. The number of ether oxygens (including phenoxy) is 2. The Morgan fingerprint density at radius 2 is 1.64 bits per heavy atom. The number of aromatic nitrogens is 3. The van der Waals surface area contributed by atoms with Gasteiger partial charge >= 0.3 is 18.0 Å². The maximum absolute atomic E-state index is 13.4. The second-order valence-electron chi connectivity index (χ2n) is 9.78. The molecule has 0 amide bonds. The Kier molecular flexibility index (Phi) is 7.97. The van der Waals surface area contributed by atoms with E-state index in [9.17, 15) is 31.1 Å². The van der Waals surface area contributed by atoms with Gasteiger partial charge in [-0.05, 0) is 49.1 Å². The van der Waals surface area contributed by atoms with Crippen molar-refractivity contribution in [2.24, 2.45) is 0 Å². The molecule has 2 aromatic carbocycles. The molecule has 0 bridgehead atoms. The molecule has 39 heavy (non-hydrogen) atoms. The van der Waals surface area contributed by atoms with Crippen molar-refractivity contribution in [3.8, 4) is 0 Å². The molecular weight excluding hydrogens is 530 g/mol. The first-order chi connectivity index (χ1) is 18.3. The maximum atomic E-state index is 13.4. The van der Waals surface area contributed by atoms with Crippen molar-refractivity contribution < 1.29 is 35.8 Å². The van der Waals surface area contributed by atoms with Crippen molar-refractivity contribution in [3.05, 3.63) is 87.6 Å². The summed E-state index contributed by atoms with van der Waals surface area (Å²) in [4.78, 5) is 12.4. The summed E-state index contributed by atoms with van der Waals surface area (Å²) in [6.45, 7) is 1.82. The topological polar surface area (TPSA) is 81.2 Å². The molecule has 212 valence electrons. The van der Waals surface area contributed by atoms with Crippen LogP contribution in [-0.4, -0.2) is 41.6 Å². The predicted molar refractivity (Wildman–Crippen MR) is 129 cm³/mol. The summed E-state index contributed by atoms with van der Waals surface area (Å²) in [6.07, 6.45) is -8.74. The lowest BCUT2D eigenvalue weighted by molar-refractivity contribution is -0.143. The molecule has 1 aromatic heterocycles. The number of methoxy groups -OCH3 is 1. The summed E-state index contributed by atoms with van der Waals surface area (Å²) in [5, 5.41) is 9.65. The van der Waals surface area contributed by atoms with Gasteiger partial charge in [0.2, 0.25) is 0 Å². The fourth-order valence-corrected chi connectivity index (χ4v) is 5.00. The SMILES string of the molecule is COC[C@]1(n2cn[nH]c2=O)CC[C@@](CO[C@H](C)c2cc(C(F)(F)F)cc(C(F)(F)F)c2)(c2ccccc2)NC1. The fourth-order valence-electron chi connectivity index (χ4n) is 5.00. The Hall–Kier alpha value is -3.16. The Balaban J connectivity index is 1.63. The number of hydrogen-bond acceptors (Lipinski definition) is 5. The normalized spacial score (nSPS) is 23.1. The average molecular weight is 559 g/mol. The molecule has 1 aliphatic heterocycles. The van der Waals surface area contributed by atoms with Gasteiger partial charge in [0.1, 0.15) is 6.33 Å². The standard InChI is InChI=1S/C26H28F6N4O3/c1-17(18-10-20(25(27,28)29)12-21(11-18)26(30,31)32)39-15-24(19-6-4-3-5-7-19)9-8-23(13-33-24,14-38-2)36-16-34-35-22(36)37/h3-7,10-12,16-17,33H,8-9,13-15H2,1-2H3,(H,35,37)/t17-,23+,24-/m1/s1. The zero-order valence-corrected chi connectivity index (χ0v) is 21.2. The Morgan fingerprint density at radius 3 is 2.13 bits per heavy atom. The zero-order chi connectivity index (χ0) is 28.5. The third-order valence-corrected chi connectivity index (χ3v) is 7.23. The molecule has 2 N–H and O–H groups in total. The first kappa shape index (κ1) is 28.8. The van der Waals surface area contributed by atoms with E-state index in [0.29, 0.717) is 25.0 Å². The summed E-state index contributed by atoms with van der Waals surface area (Å²) in [5.41, 5.74) is -4.23. The van der Waals surface area contributed by atoms with E-state index in [1.165, 1.54) is 24.9 Å². The van der Waals surface area contributed by atoms with Gasteiger partial charge in [-0.15, -0.1) is 0 Å². The number of piperidine rings is 1. The number of aromatic amines is 1. The highest BCUT2D eigenvalue weighted by molar-refractivity contribution is 5.35. The van der Waals surface area contributed by atoms with Crippen LogP contribution in [0.2, 0.25) is 0 Å². The summed E-state index contributed by atoms with van der Waals surface area (Å²) in [5.74, 6) is 0. The minimum atomic E-state index is -4.96. The van der Waals surface area contributed by atoms with E-state index >= 15 is 0 Å². The summed E-state index contributed by atoms with van der Waals surface area (Å²) >= 11 is 0. The van der Waals surface area contributed by atoms with Gasteiger partial charge in [0.25, 0.3) is 0 Å². The minimum absolute atomic E-state index is 0.0564. The van der Waals surface area contributed by atoms with Crippen molar-refractivity contribution in [2.45, 2.75) is 49.3 Å². The number of H-pyrrole nitrogens is 1. The van der Waals surface area contributed by atoms with Crippen LogP contribution in [0, 0.1) is 0 Å². The van der Waals surface area contributed by atoms with Crippen LogP contribution in [0.4, 0.5) is 26.3 Å². The second-order valence-corrected chi connectivity index (χ2v) is 9.78. The van der Waals surface area contributed by atoms with Crippen LogP contribution >= 0.6 is 0 Å². The van der Waals surface area contributed by atoms with E-state index in [1.807, 2.05) is 30.3 Å². The van der Waals surface area contributed by atoms with E-state index in [4.69, 9.17) is 9.47 Å². The van der Waals surface area contributed by atoms with Crippen molar-refractivity contribution in [1.29, 1.82) is 0 Å². The Bertz CT molecular complexity index is 1280. The lowest BCUT2D eigenvalue weighted by Crippen LogP contribution is -2.61. The first-order valence-electron chi connectivity index (χ1n) is 12.1. The Morgan fingerprint density at radius 1 is 1.00 bits per heavy atom. The van der Waals surface area contributed by atoms with Crippen LogP contribution < -0.4 is 11.0 Å². The molecule has 0 spiro atoms. The number of halogens is 6. The molecule has 4 rings (SSSR count). The molecule has 13 heteroatoms. The molecule has 1 saturated heterocycles. The number of rotatable bonds is 8. The van der Waals surface area contributed by atoms with Crippen molar-refractivity contribution in [3.63, 3.8) is 0 Å². The first-order valence-corrected chi connectivity index (χ1v) is 12.1. The van der Waals surface area contributed by atoms with E-state index in [0.717, 1.165) is 5.56 Å². The number of hydrogen-bond donors (Lipinski definition) is 2. The Labute approximate surface area is 220 Å². The molecule has 2 heterocycles. The van der Waals surface area contributed by atoms with Crippen LogP contribution in [0.1, 0.15) is 48.1 Å². The number of nitrogens with zero attached hydrogens (tertiary/aromatic N) is 2. The third-order valence-electron chi connectivity index (χ3n) is 7.23. The molecule has 3 aromatic rings. The smallest absolute Gasteiger partial charge is 0.382 e. The average Bonchev–Trinajstić information content (AvgIpc) is 3.34. The summed E-state index contributed by atoms with van der Waals surface area (Å²) in [7, 11) is 1.51. The molecular formula is C26H28F6N4O3. The highest BCUT2D eigenvalue weighted by Crippen LogP contribution is 2.40. The van der Waals surface area contributed by atoms with E-state index in [1.54, 1.807) is 0 Å². The lowest BCUT2D eigenvalue weighted by Gasteiger charge is -2.47. The fraction of sp³-hybridized carbons (Fsp3) is 0.462. The van der Waals surface area contributed by atoms with Gasteiger partial charge < -0.3 is 14.8 Å². The van der Waals surface area contributed by atoms with Crippen molar-refractivity contribution >= 4 is 0 Å². The van der Waals surface area contributed by atoms with Crippen LogP contribution in [-0.2, 0) is 32.9 Å². The highest BCUT2D eigenvalue weighted by Gasteiger charge is 2.46. The minimum Gasteiger partial charge on any atom is -0.382 e. The third kappa shape index (κ3) is 6.04. The van der Waals surface area contributed by atoms with E-state index in [-0.39, 0.29) is 31.4 Å². The van der Waals surface area contributed by atoms with E-state index in [2.05, 4.69) is 15.5 Å². The van der Waals surface area contributed by atoms with Crippen molar-refractivity contribution in [1.82, 2.24) is 20.1 Å². The van der Waals surface area contributed by atoms with Crippen LogP contribution in [0.3, 0.4) is 0 Å². The number of nitrogens with one attached hydrogen (secondary N) is 2. The molecule has 3 atom stereocenters. The monoisotopic (exact) mass is 558 g/mol. The zero-order valence-electron chi connectivity index (χ0n) is 21.2. The lowest BCUT2D eigenvalue weighted by atomic mass is 9.76. The molecule has 7 nitrogen and oxygen atoms in total. The van der Waals surface area contributed by atoms with Gasteiger partial charge in [-0.3, -0.25) is 4.57 Å².